The van der Waals surface area contributed by atoms with Crippen molar-refractivity contribution in [1.29, 1.82) is 0 Å². The summed E-state index contributed by atoms with van der Waals surface area (Å²) in [5.74, 6) is 1.11. The molecule has 1 aliphatic rings. The molecular formula is C18H17ClN2O2. The van der Waals surface area contributed by atoms with E-state index in [4.69, 9.17) is 16.3 Å². The molecule has 0 unspecified atom stereocenters. The molecule has 0 radical (unpaired) electrons. The van der Waals surface area contributed by atoms with Crippen molar-refractivity contribution in [3.05, 3.63) is 58.6 Å². The van der Waals surface area contributed by atoms with E-state index in [-0.39, 0.29) is 0 Å². The van der Waals surface area contributed by atoms with Crippen LogP contribution in [0.15, 0.2) is 47.5 Å². The SMILES string of the molecule is Cc1c(NC2=NCCC2)cccc1OC(=O)c1ccc(Cl)cc1. The van der Waals surface area contributed by atoms with Crippen molar-refractivity contribution in [2.24, 2.45) is 4.99 Å². The lowest BCUT2D eigenvalue weighted by molar-refractivity contribution is 0.0733. The predicted molar refractivity (Wildman–Crippen MR) is 92.7 cm³/mol. The molecule has 0 spiro atoms. The van der Waals surface area contributed by atoms with E-state index in [0.717, 1.165) is 36.5 Å². The van der Waals surface area contributed by atoms with Gasteiger partial charge in [0.2, 0.25) is 0 Å². The molecule has 23 heavy (non-hydrogen) atoms. The first-order valence-corrected chi connectivity index (χ1v) is 7.89. The minimum absolute atomic E-state index is 0.403. The minimum Gasteiger partial charge on any atom is -0.423 e. The molecule has 5 heteroatoms. The van der Waals surface area contributed by atoms with Gasteiger partial charge in [0, 0.05) is 29.2 Å². The van der Waals surface area contributed by atoms with Gasteiger partial charge in [0.15, 0.2) is 0 Å². The number of rotatable bonds is 3. The zero-order chi connectivity index (χ0) is 16.2. The molecule has 3 rings (SSSR count). The van der Waals surface area contributed by atoms with Crippen molar-refractivity contribution < 1.29 is 9.53 Å². The van der Waals surface area contributed by atoms with Crippen LogP contribution in [0.25, 0.3) is 0 Å². The number of anilines is 1. The lowest BCUT2D eigenvalue weighted by Crippen LogP contribution is -2.12. The summed E-state index contributed by atoms with van der Waals surface area (Å²) in [7, 11) is 0. The average Bonchev–Trinajstić information content (AvgIpc) is 3.05. The van der Waals surface area contributed by atoms with Crippen LogP contribution in [0.3, 0.4) is 0 Å². The molecule has 1 N–H and O–H groups in total. The van der Waals surface area contributed by atoms with Crippen molar-refractivity contribution in [1.82, 2.24) is 0 Å². The van der Waals surface area contributed by atoms with Crippen LogP contribution in [0.2, 0.25) is 5.02 Å². The zero-order valence-corrected chi connectivity index (χ0v) is 13.6. The number of carbonyl (C=O) groups is 1. The summed E-state index contributed by atoms with van der Waals surface area (Å²) in [6.07, 6.45) is 2.03. The fraction of sp³-hybridized carbons (Fsp3) is 0.222. The van der Waals surface area contributed by atoms with Crippen molar-refractivity contribution >= 4 is 29.1 Å². The van der Waals surface area contributed by atoms with Crippen molar-refractivity contribution in [2.75, 3.05) is 11.9 Å². The third kappa shape index (κ3) is 3.71. The summed E-state index contributed by atoms with van der Waals surface area (Å²) >= 11 is 5.83. The summed E-state index contributed by atoms with van der Waals surface area (Å²) in [6, 6.07) is 12.2. The fourth-order valence-corrected chi connectivity index (χ4v) is 2.53. The van der Waals surface area contributed by atoms with E-state index in [1.54, 1.807) is 30.3 Å². The molecule has 4 nitrogen and oxygen atoms in total. The Kier molecular flexibility index (Phi) is 4.63. The van der Waals surface area contributed by atoms with Crippen LogP contribution in [0.4, 0.5) is 5.69 Å². The Morgan fingerprint density at radius 1 is 1.22 bits per heavy atom. The second-order valence-electron chi connectivity index (χ2n) is 5.38. The van der Waals surface area contributed by atoms with E-state index >= 15 is 0 Å². The molecular weight excluding hydrogens is 312 g/mol. The van der Waals surface area contributed by atoms with Crippen molar-refractivity contribution in [3.8, 4) is 5.75 Å². The van der Waals surface area contributed by atoms with Crippen LogP contribution in [0, 0.1) is 6.92 Å². The highest BCUT2D eigenvalue weighted by molar-refractivity contribution is 6.30. The first kappa shape index (κ1) is 15.6. The highest BCUT2D eigenvalue weighted by Gasteiger charge is 2.13. The molecule has 0 amide bonds. The lowest BCUT2D eigenvalue weighted by atomic mass is 10.1. The van der Waals surface area contributed by atoms with Crippen LogP contribution < -0.4 is 10.1 Å². The number of carbonyl (C=O) groups excluding carboxylic acids is 1. The van der Waals surface area contributed by atoms with Gasteiger partial charge in [0.25, 0.3) is 0 Å². The van der Waals surface area contributed by atoms with Gasteiger partial charge < -0.3 is 10.1 Å². The van der Waals surface area contributed by atoms with Crippen LogP contribution in [-0.4, -0.2) is 18.3 Å². The van der Waals surface area contributed by atoms with Crippen molar-refractivity contribution in [3.63, 3.8) is 0 Å². The van der Waals surface area contributed by atoms with E-state index in [1.165, 1.54) is 0 Å². The third-order valence-electron chi connectivity index (χ3n) is 3.72. The first-order chi connectivity index (χ1) is 11.1. The number of hydrogen-bond acceptors (Lipinski definition) is 4. The molecule has 1 heterocycles. The number of hydrogen-bond donors (Lipinski definition) is 1. The van der Waals surface area contributed by atoms with Gasteiger partial charge in [-0.15, -0.1) is 0 Å². The third-order valence-corrected chi connectivity index (χ3v) is 3.97. The van der Waals surface area contributed by atoms with Gasteiger partial charge in [-0.25, -0.2) is 4.79 Å². The van der Waals surface area contributed by atoms with Crippen LogP contribution in [-0.2, 0) is 0 Å². The standard InChI is InChI=1S/C18H17ClN2O2/c1-12-15(21-17-6-3-11-20-17)4-2-5-16(12)23-18(22)13-7-9-14(19)10-8-13/h2,4-5,7-10H,3,6,11H2,1H3,(H,20,21). The van der Waals surface area contributed by atoms with Gasteiger partial charge in [-0.2, -0.15) is 0 Å². The number of halogens is 1. The van der Waals surface area contributed by atoms with E-state index < -0.39 is 5.97 Å². The molecule has 0 saturated carbocycles. The van der Waals surface area contributed by atoms with Crippen LogP contribution in [0.1, 0.15) is 28.8 Å². The van der Waals surface area contributed by atoms with E-state index in [2.05, 4.69) is 10.3 Å². The van der Waals surface area contributed by atoms with Gasteiger partial charge in [0.05, 0.1) is 5.56 Å². The number of esters is 1. The maximum Gasteiger partial charge on any atom is 0.343 e. The smallest absolute Gasteiger partial charge is 0.343 e. The lowest BCUT2D eigenvalue weighted by Gasteiger charge is -2.13. The normalized spacial score (nSPS) is 13.6. The Morgan fingerprint density at radius 3 is 2.70 bits per heavy atom. The Morgan fingerprint density at radius 2 is 2.00 bits per heavy atom. The first-order valence-electron chi connectivity index (χ1n) is 7.51. The molecule has 0 aromatic heterocycles. The summed E-state index contributed by atoms with van der Waals surface area (Å²) in [5.41, 5.74) is 2.25. The number of amidine groups is 1. The van der Waals surface area contributed by atoms with Gasteiger partial charge in [-0.05, 0) is 49.7 Å². The van der Waals surface area contributed by atoms with Crippen molar-refractivity contribution in [2.45, 2.75) is 19.8 Å². The molecule has 2 aromatic carbocycles. The molecule has 2 aromatic rings. The topological polar surface area (TPSA) is 50.7 Å². The number of ether oxygens (including phenoxy) is 1. The molecule has 0 bridgehead atoms. The maximum atomic E-state index is 12.2. The Hall–Kier alpha value is -2.33. The van der Waals surface area contributed by atoms with Crippen LogP contribution in [0.5, 0.6) is 5.75 Å². The fourth-order valence-electron chi connectivity index (χ4n) is 2.40. The predicted octanol–water partition coefficient (Wildman–Crippen LogP) is 4.47. The highest BCUT2D eigenvalue weighted by Crippen LogP contribution is 2.27. The van der Waals surface area contributed by atoms with E-state index in [0.29, 0.717) is 16.3 Å². The molecule has 118 valence electrons. The molecule has 0 atom stereocenters. The van der Waals surface area contributed by atoms with Gasteiger partial charge in [0.1, 0.15) is 11.6 Å². The quantitative estimate of drug-likeness (QED) is 0.668. The summed E-state index contributed by atoms with van der Waals surface area (Å²) in [6.45, 7) is 2.79. The highest BCUT2D eigenvalue weighted by atomic mass is 35.5. The Balaban J connectivity index is 1.77. The Labute approximate surface area is 140 Å². The minimum atomic E-state index is -0.403. The molecule has 0 fully saturated rings. The van der Waals surface area contributed by atoms with Gasteiger partial charge in [-0.3, -0.25) is 4.99 Å². The second-order valence-corrected chi connectivity index (χ2v) is 5.82. The molecule has 0 aliphatic carbocycles. The molecule has 0 saturated heterocycles. The summed E-state index contributed by atoms with van der Waals surface area (Å²) in [4.78, 5) is 16.6. The largest absolute Gasteiger partial charge is 0.423 e. The molecule has 1 aliphatic heterocycles. The number of nitrogens with zero attached hydrogens (tertiary/aromatic N) is 1. The summed E-state index contributed by atoms with van der Waals surface area (Å²) in [5, 5.41) is 3.90. The van der Waals surface area contributed by atoms with E-state index in [9.17, 15) is 4.79 Å². The van der Waals surface area contributed by atoms with Gasteiger partial charge in [-0.1, -0.05) is 17.7 Å². The number of aliphatic imine (C=N–C) groups is 1. The van der Waals surface area contributed by atoms with E-state index in [1.807, 2.05) is 19.1 Å². The number of benzene rings is 2. The zero-order valence-electron chi connectivity index (χ0n) is 12.8. The second kappa shape index (κ2) is 6.84. The number of nitrogens with one attached hydrogen (secondary N) is 1. The summed E-state index contributed by atoms with van der Waals surface area (Å²) < 4.78 is 5.51. The van der Waals surface area contributed by atoms with Crippen LogP contribution >= 0.6 is 11.6 Å². The maximum absolute atomic E-state index is 12.2. The average molecular weight is 329 g/mol. The monoisotopic (exact) mass is 328 g/mol. The van der Waals surface area contributed by atoms with Gasteiger partial charge >= 0.3 is 5.97 Å². The Bertz CT molecular complexity index is 754.